The molecule has 0 radical (unpaired) electrons. The number of benzene rings is 2. The fraction of sp³-hybridized carbons (Fsp3) is 0.316. The number of carbonyl (C=O) groups excluding carboxylic acids is 1. The molecule has 0 atom stereocenters. The molecule has 0 aliphatic carbocycles. The summed E-state index contributed by atoms with van der Waals surface area (Å²) in [6.07, 6.45) is 0. The maximum absolute atomic E-state index is 12.4. The van der Waals surface area contributed by atoms with Crippen molar-refractivity contribution in [3.63, 3.8) is 0 Å². The van der Waals surface area contributed by atoms with Crippen LogP contribution in [0.3, 0.4) is 0 Å². The highest BCUT2D eigenvalue weighted by molar-refractivity contribution is 6.04. The molecule has 0 aliphatic heterocycles. The Morgan fingerprint density at radius 1 is 0.833 bits per heavy atom. The lowest BCUT2D eigenvalue weighted by molar-refractivity contribution is 0.102. The SMILES string of the molecule is CCOc1ccc(NC(=O)c2ccc(OCC)c(OCC)c2)cc1. The number of hydrogen-bond acceptors (Lipinski definition) is 4. The third kappa shape index (κ3) is 4.65. The fourth-order valence-corrected chi connectivity index (χ4v) is 2.20. The molecule has 5 heteroatoms. The molecule has 0 heterocycles. The highest BCUT2D eigenvalue weighted by Gasteiger charge is 2.12. The summed E-state index contributed by atoms with van der Waals surface area (Å²) >= 11 is 0. The van der Waals surface area contributed by atoms with Gasteiger partial charge in [-0.2, -0.15) is 0 Å². The molecule has 0 unspecified atom stereocenters. The average molecular weight is 329 g/mol. The number of carbonyl (C=O) groups is 1. The first-order valence-corrected chi connectivity index (χ1v) is 8.11. The van der Waals surface area contributed by atoms with Gasteiger partial charge < -0.3 is 19.5 Å². The molecular weight excluding hydrogens is 306 g/mol. The van der Waals surface area contributed by atoms with E-state index < -0.39 is 0 Å². The van der Waals surface area contributed by atoms with Crippen LogP contribution in [0.25, 0.3) is 0 Å². The maximum atomic E-state index is 12.4. The van der Waals surface area contributed by atoms with Gasteiger partial charge in [-0.15, -0.1) is 0 Å². The zero-order valence-electron chi connectivity index (χ0n) is 14.3. The number of hydrogen-bond donors (Lipinski definition) is 1. The van der Waals surface area contributed by atoms with Gasteiger partial charge in [0, 0.05) is 11.3 Å². The minimum Gasteiger partial charge on any atom is -0.494 e. The molecule has 0 bridgehead atoms. The molecule has 1 N–H and O–H groups in total. The van der Waals surface area contributed by atoms with Gasteiger partial charge in [-0.25, -0.2) is 0 Å². The standard InChI is InChI=1S/C19H23NO4/c1-4-22-16-10-8-15(9-11-16)20-19(21)14-7-12-17(23-5-2)18(13-14)24-6-3/h7-13H,4-6H2,1-3H3,(H,20,21). The largest absolute Gasteiger partial charge is 0.494 e. The molecule has 0 saturated carbocycles. The molecule has 0 fully saturated rings. The zero-order valence-corrected chi connectivity index (χ0v) is 14.3. The number of amides is 1. The lowest BCUT2D eigenvalue weighted by Crippen LogP contribution is -2.12. The van der Waals surface area contributed by atoms with E-state index in [0.29, 0.717) is 42.6 Å². The Kier molecular flexibility index (Phi) is 6.49. The molecular formula is C19H23NO4. The van der Waals surface area contributed by atoms with Crippen LogP contribution in [0.2, 0.25) is 0 Å². The van der Waals surface area contributed by atoms with E-state index in [2.05, 4.69) is 5.32 Å². The Morgan fingerprint density at radius 3 is 2.08 bits per heavy atom. The number of ether oxygens (including phenoxy) is 3. The van der Waals surface area contributed by atoms with Crippen LogP contribution < -0.4 is 19.5 Å². The summed E-state index contributed by atoms with van der Waals surface area (Å²) in [6.45, 7) is 7.38. The monoisotopic (exact) mass is 329 g/mol. The molecule has 24 heavy (non-hydrogen) atoms. The van der Waals surface area contributed by atoms with Gasteiger partial charge in [0.15, 0.2) is 11.5 Å². The van der Waals surface area contributed by atoms with Gasteiger partial charge in [0.2, 0.25) is 0 Å². The summed E-state index contributed by atoms with van der Waals surface area (Å²) < 4.78 is 16.4. The maximum Gasteiger partial charge on any atom is 0.255 e. The van der Waals surface area contributed by atoms with Crippen molar-refractivity contribution in [1.29, 1.82) is 0 Å². The molecule has 2 rings (SSSR count). The minimum atomic E-state index is -0.205. The Bertz CT molecular complexity index is 668. The minimum absolute atomic E-state index is 0.205. The summed E-state index contributed by atoms with van der Waals surface area (Å²) in [7, 11) is 0. The number of nitrogens with one attached hydrogen (secondary N) is 1. The summed E-state index contributed by atoms with van der Waals surface area (Å²) in [4.78, 5) is 12.4. The molecule has 1 amide bonds. The van der Waals surface area contributed by atoms with Crippen molar-refractivity contribution in [2.45, 2.75) is 20.8 Å². The second kappa shape index (κ2) is 8.82. The number of rotatable bonds is 8. The lowest BCUT2D eigenvalue weighted by Gasteiger charge is -2.12. The van der Waals surface area contributed by atoms with E-state index in [0.717, 1.165) is 5.75 Å². The van der Waals surface area contributed by atoms with Crippen LogP contribution >= 0.6 is 0 Å². The van der Waals surface area contributed by atoms with E-state index in [1.54, 1.807) is 30.3 Å². The molecule has 128 valence electrons. The van der Waals surface area contributed by atoms with Crippen molar-refractivity contribution in [3.05, 3.63) is 48.0 Å². The van der Waals surface area contributed by atoms with E-state index in [1.807, 2.05) is 32.9 Å². The summed E-state index contributed by atoms with van der Waals surface area (Å²) in [6, 6.07) is 12.4. The van der Waals surface area contributed by atoms with Crippen LogP contribution in [0.5, 0.6) is 17.2 Å². The molecule has 0 spiro atoms. The van der Waals surface area contributed by atoms with E-state index in [-0.39, 0.29) is 5.91 Å². The second-order valence-electron chi connectivity index (χ2n) is 4.94. The summed E-state index contributed by atoms with van der Waals surface area (Å²) in [5.74, 6) is 1.77. The van der Waals surface area contributed by atoms with Crippen molar-refractivity contribution in [2.75, 3.05) is 25.1 Å². The first kappa shape index (κ1) is 17.7. The van der Waals surface area contributed by atoms with Gasteiger partial charge in [-0.1, -0.05) is 0 Å². The Balaban J connectivity index is 2.12. The fourth-order valence-electron chi connectivity index (χ4n) is 2.20. The van der Waals surface area contributed by atoms with Gasteiger partial charge in [0.1, 0.15) is 5.75 Å². The van der Waals surface area contributed by atoms with Crippen LogP contribution in [-0.2, 0) is 0 Å². The van der Waals surface area contributed by atoms with Crippen molar-refractivity contribution in [3.8, 4) is 17.2 Å². The van der Waals surface area contributed by atoms with Gasteiger partial charge in [-0.05, 0) is 63.2 Å². The zero-order chi connectivity index (χ0) is 17.4. The van der Waals surface area contributed by atoms with Crippen molar-refractivity contribution >= 4 is 11.6 Å². The first-order chi connectivity index (χ1) is 11.7. The van der Waals surface area contributed by atoms with Gasteiger partial charge in [0.25, 0.3) is 5.91 Å². The molecule has 0 saturated heterocycles. The normalized spacial score (nSPS) is 10.1. The summed E-state index contributed by atoms with van der Waals surface area (Å²) in [5.41, 5.74) is 1.21. The predicted octanol–water partition coefficient (Wildman–Crippen LogP) is 4.14. The van der Waals surface area contributed by atoms with Crippen LogP contribution in [0.15, 0.2) is 42.5 Å². The van der Waals surface area contributed by atoms with Crippen LogP contribution in [0.4, 0.5) is 5.69 Å². The molecule has 0 aromatic heterocycles. The molecule has 2 aromatic carbocycles. The van der Waals surface area contributed by atoms with Gasteiger partial charge in [0.05, 0.1) is 19.8 Å². The van der Waals surface area contributed by atoms with E-state index in [4.69, 9.17) is 14.2 Å². The Morgan fingerprint density at radius 2 is 1.46 bits per heavy atom. The van der Waals surface area contributed by atoms with Crippen LogP contribution in [0, 0.1) is 0 Å². The second-order valence-corrected chi connectivity index (χ2v) is 4.94. The first-order valence-electron chi connectivity index (χ1n) is 8.11. The predicted molar refractivity (Wildman–Crippen MR) is 94.3 cm³/mol. The van der Waals surface area contributed by atoms with Crippen molar-refractivity contribution in [1.82, 2.24) is 0 Å². The topological polar surface area (TPSA) is 56.8 Å². The average Bonchev–Trinajstić information content (AvgIpc) is 2.59. The Hall–Kier alpha value is -2.69. The van der Waals surface area contributed by atoms with Crippen LogP contribution in [-0.4, -0.2) is 25.7 Å². The van der Waals surface area contributed by atoms with Gasteiger partial charge >= 0.3 is 0 Å². The lowest BCUT2D eigenvalue weighted by atomic mass is 10.1. The van der Waals surface area contributed by atoms with E-state index in [9.17, 15) is 4.79 Å². The number of anilines is 1. The van der Waals surface area contributed by atoms with Crippen molar-refractivity contribution in [2.24, 2.45) is 0 Å². The smallest absolute Gasteiger partial charge is 0.255 e. The molecule has 5 nitrogen and oxygen atoms in total. The molecule has 2 aromatic rings. The quantitative estimate of drug-likeness (QED) is 0.791. The Labute approximate surface area is 142 Å². The summed E-state index contributed by atoms with van der Waals surface area (Å²) in [5, 5.41) is 2.86. The highest BCUT2D eigenvalue weighted by atomic mass is 16.5. The highest BCUT2D eigenvalue weighted by Crippen LogP contribution is 2.29. The third-order valence-electron chi connectivity index (χ3n) is 3.23. The van der Waals surface area contributed by atoms with E-state index >= 15 is 0 Å². The van der Waals surface area contributed by atoms with Crippen molar-refractivity contribution < 1.29 is 19.0 Å². The third-order valence-corrected chi connectivity index (χ3v) is 3.23. The van der Waals surface area contributed by atoms with Crippen LogP contribution in [0.1, 0.15) is 31.1 Å². The van der Waals surface area contributed by atoms with Gasteiger partial charge in [-0.3, -0.25) is 4.79 Å². The molecule has 0 aliphatic rings. The van der Waals surface area contributed by atoms with E-state index in [1.165, 1.54) is 0 Å².